The third-order valence-corrected chi connectivity index (χ3v) is 1.02. The Balaban J connectivity index is 3.50. The Morgan fingerprint density at radius 3 is 2.60 bits per heavy atom. The SMILES string of the molecule is NCCNC(CO)C(=O)O. The molecule has 0 aromatic rings. The second-order valence-electron chi connectivity index (χ2n) is 1.82. The van der Waals surface area contributed by atoms with Crippen molar-refractivity contribution in [2.45, 2.75) is 6.04 Å². The van der Waals surface area contributed by atoms with Crippen LogP contribution in [0.3, 0.4) is 0 Å². The molecular formula is C5H12N2O3. The van der Waals surface area contributed by atoms with Crippen LogP contribution < -0.4 is 11.1 Å². The number of carboxylic acids is 1. The van der Waals surface area contributed by atoms with E-state index < -0.39 is 18.6 Å². The van der Waals surface area contributed by atoms with Crippen molar-refractivity contribution in [1.29, 1.82) is 0 Å². The summed E-state index contributed by atoms with van der Waals surface area (Å²) in [5.41, 5.74) is 5.09. The molecule has 0 bridgehead atoms. The fraction of sp³-hybridized carbons (Fsp3) is 0.800. The Labute approximate surface area is 58.8 Å². The lowest BCUT2D eigenvalue weighted by Gasteiger charge is -2.09. The molecular weight excluding hydrogens is 136 g/mol. The number of aliphatic hydroxyl groups excluding tert-OH is 1. The number of carboxylic acid groups (broad SMARTS) is 1. The second-order valence-corrected chi connectivity index (χ2v) is 1.82. The van der Waals surface area contributed by atoms with Gasteiger partial charge in [0.05, 0.1) is 6.61 Å². The molecule has 60 valence electrons. The highest BCUT2D eigenvalue weighted by atomic mass is 16.4. The first-order valence-electron chi connectivity index (χ1n) is 2.99. The highest BCUT2D eigenvalue weighted by Crippen LogP contribution is 1.79. The Morgan fingerprint density at radius 2 is 2.30 bits per heavy atom. The molecule has 0 heterocycles. The van der Waals surface area contributed by atoms with E-state index in [4.69, 9.17) is 15.9 Å². The lowest BCUT2D eigenvalue weighted by molar-refractivity contribution is -0.140. The van der Waals surface area contributed by atoms with Gasteiger partial charge in [-0.25, -0.2) is 0 Å². The van der Waals surface area contributed by atoms with Crippen LogP contribution in [0, 0.1) is 0 Å². The zero-order valence-corrected chi connectivity index (χ0v) is 5.58. The minimum absolute atomic E-state index is 0.365. The van der Waals surface area contributed by atoms with E-state index in [2.05, 4.69) is 5.32 Å². The van der Waals surface area contributed by atoms with E-state index in [-0.39, 0.29) is 0 Å². The van der Waals surface area contributed by atoms with Crippen molar-refractivity contribution >= 4 is 5.97 Å². The van der Waals surface area contributed by atoms with E-state index >= 15 is 0 Å². The maximum atomic E-state index is 10.2. The van der Waals surface area contributed by atoms with Crippen molar-refractivity contribution < 1.29 is 15.0 Å². The maximum absolute atomic E-state index is 10.2. The highest BCUT2D eigenvalue weighted by Gasteiger charge is 2.13. The lowest BCUT2D eigenvalue weighted by Crippen LogP contribution is -2.41. The summed E-state index contributed by atoms with van der Waals surface area (Å²) >= 11 is 0. The highest BCUT2D eigenvalue weighted by molar-refractivity contribution is 5.73. The van der Waals surface area contributed by atoms with E-state index in [1.807, 2.05) is 0 Å². The predicted octanol–water partition coefficient (Wildman–Crippen LogP) is -2.02. The molecule has 0 aromatic carbocycles. The molecule has 10 heavy (non-hydrogen) atoms. The maximum Gasteiger partial charge on any atom is 0.323 e. The van der Waals surface area contributed by atoms with Crippen LogP contribution in [0.5, 0.6) is 0 Å². The van der Waals surface area contributed by atoms with Crippen LogP contribution in [0.2, 0.25) is 0 Å². The largest absolute Gasteiger partial charge is 0.480 e. The van der Waals surface area contributed by atoms with E-state index in [1.54, 1.807) is 0 Å². The lowest BCUT2D eigenvalue weighted by atomic mass is 10.3. The number of carbonyl (C=O) groups is 1. The first-order chi connectivity index (χ1) is 4.72. The van der Waals surface area contributed by atoms with Crippen molar-refractivity contribution in [2.24, 2.45) is 5.73 Å². The number of rotatable bonds is 5. The first-order valence-corrected chi connectivity index (χ1v) is 2.99. The van der Waals surface area contributed by atoms with E-state index in [0.717, 1.165) is 0 Å². The topological polar surface area (TPSA) is 95.6 Å². The van der Waals surface area contributed by atoms with Gasteiger partial charge in [0.1, 0.15) is 6.04 Å². The molecule has 0 aliphatic carbocycles. The van der Waals surface area contributed by atoms with Gasteiger partial charge in [-0.05, 0) is 0 Å². The quantitative estimate of drug-likeness (QED) is 0.361. The van der Waals surface area contributed by atoms with Gasteiger partial charge in [0.25, 0.3) is 0 Å². The molecule has 0 spiro atoms. The Morgan fingerprint density at radius 1 is 1.70 bits per heavy atom. The zero-order chi connectivity index (χ0) is 7.98. The third-order valence-electron chi connectivity index (χ3n) is 1.02. The molecule has 0 fully saturated rings. The average molecular weight is 148 g/mol. The summed E-state index contributed by atoms with van der Waals surface area (Å²) in [4.78, 5) is 10.2. The zero-order valence-electron chi connectivity index (χ0n) is 5.58. The van der Waals surface area contributed by atoms with Gasteiger partial charge in [0.2, 0.25) is 0 Å². The van der Waals surface area contributed by atoms with Crippen LogP contribution >= 0.6 is 0 Å². The van der Waals surface area contributed by atoms with Crippen LogP contribution in [-0.4, -0.2) is 41.9 Å². The van der Waals surface area contributed by atoms with Crippen molar-refractivity contribution in [1.82, 2.24) is 5.32 Å². The smallest absolute Gasteiger partial charge is 0.323 e. The van der Waals surface area contributed by atoms with Gasteiger partial charge in [-0.1, -0.05) is 0 Å². The van der Waals surface area contributed by atoms with Crippen molar-refractivity contribution in [2.75, 3.05) is 19.7 Å². The monoisotopic (exact) mass is 148 g/mol. The van der Waals surface area contributed by atoms with Crippen molar-refractivity contribution in [3.05, 3.63) is 0 Å². The van der Waals surface area contributed by atoms with Gasteiger partial charge >= 0.3 is 5.97 Å². The number of hydrogen-bond acceptors (Lipinski definition) is 4. The van der Waals surface area contributed by atoms with Gasteiger partial charge in [-0.2, -0.15) is 0 Å². The molecule has 5 heteroatoms. The summed E-state index contributed by atoms with van der Waals surface area (Å²) in [6.07, 6.45) is 0. The number of hydrogen-bond donors (Lipinski definition) is 4. The third kappa shape index (κ3) is 3.39. The minimum atomic E-state index is -1.06. The molecule has 0 aliphatic heterocycles. The van der Waals surface area contributed by atoms with Gasteiger partial charge in [-0.3, -0.25) is 4.79 Å². The van der Waals surface area contributed by atoms with Crippen LogP contribution in [0.15, 0.2) is 0 Å². The van der Waals surface area contributed by atoms with Gasteiger partial charge in [-0.15, -0.1) is 0 Å². The fourth-order valence-corrected chi connectivity index (χ4v) is 0.488. The molecule has 0 saturated carbocycles. The Hall–Kier alpha value is -0.650. The number of nitrogens with one attached hydrogen (secondary N) is 1. The van der Waals surface area contributed by atoms with Crippen LogP contribution in [0.4, 0.5) is 0 Å². The predicted molar refractivity (Wildman–Crippen MR) is 35.6 cm³/mol. The molecule has 0 rings (SSSR count). The van der Waals surface area contributed by atoms with Crippen LogP contribution in [-0.2, 0) is 4.79 Å². The summed E-state index contributed by atoms with van der Waals surface area (Å²) in [7, 11) is 0. The van der Waals surface area contributed by atoms with Gasteiger partial charge in [0.15, 0.2) is 0 Å². The van der Waals surface area contributed by atoms with Crippen LogP contribution in [0.1, 0.15) is 0 Å². The van der Waals surface area contributed by atoms with Crippen LogP contribution in [0.25, 0.3) is 0 Å². The molecule has 0 amide bonds. The number of nitrogens with two attached hydrogens (primary N) is 1. The normalized spacial score (nSPS) is 13.0. The molecule has 1 unspecified atom stereocenters. The van der Waals surface area contributed by atoms with Gasteiger partial charge < -0.3 is 21.3 Å². The number of aliphatic carboxylic acids is 1. The molecule has 0 radical (unpaired) electrons. The Bertz CT molecular complexity index is 107. The molecule has 0 aromatic heterocycles. The molecule has 5 N–H and O–H groups in total. The minimum Gasteiger partial charge on any atom is -0.480 e. The van der Waals surface area contributed by atoms with Crippen molar-refractivity contribution in [3.8, 4) is 0 Å². The van der Waals surface area contributed by atoms with E-state index in [1.165, 1.54) is 0 Å². The molecule has 0 saturated heterocycles. The molecule has 0 aliphatic rings. The van der Waals surface area contributed by atoms with E-state index in [0.29, 0.717) is 13.1 Å². The summed E-state index contributed by atoms with van der Waals surface area (Å²) in [6.45, 7) is 0.358. The molecule has 5 nitrogen and oxygen atoms in total. The second kappa shape index (κ2) is 5.16. The fourth-order valence-electron chi connectivity index (χ4n) is 0.488. The summed E-state index contributed by atoms with van der Waals surface area (Å²) < 4.78 is 0. The Kier molecular flexibility index (Phi) is 4.82. The summed E-state index contributed by atoms with van der Waals surface area (Å²) in [6, 6.07) is -0.886. The summed E-state index contributed by atoms with van der Waals surface area (Å²) in [5.74, 6) is -1.06. The standard InChI is InChI=1S/C5H12N2O3/c6-1-2-7-4(3-8)5(9)10/h4,7-8H,1-3,6H2,(H,9,10). The van der Waals surface area contributed by atoms with E-state index in [9.17, 15) is 4.79 Å². The first kappa shape index (κ1) is 9.35. The number of aliphatic hydroxyl groups is 1. The molecule has 1 atom stereocenters. The van der Waals surface area contributed by atoms with Crippen molar-refractivity contribution in [3.63, 3.8) is 0 Å². The average Bonchev–Trinajstić information content (AvgIpc) is 1.89. The summed E-state index contributed by atoms with van der Waals surface area (Å²) in [5, 5.41) is 19.3. The van der Waals surface area contributed by atoms with Gasteiger partial charge in [0, 0.05) is 13.1 Å².